The van der Waals surface area contributed by atoms with Crippen molar-refractivity contribution in [1.29, 1.82) is 0 Å². The van der Waals surface area contributed by atoms with Crippen LogP contribution in [-0.4, -0.2) is 19.1 Å². The molecule has 1 saturated carbocycles. The molecule has 2 rings (SSSR count). The lowest BCUT2D eigenvalue weighted by atomic mass is 10.3. The molecule has 0 unspecified atom stereocenters. The fourth-order valence-electron chi connectivity index (χ4n) is 1.37. The highest BCUT2D eigenvalue weighted by Crippen LogP contribution is 2.28. The van der Waals surface area contributed by atoms with Gasteiger partial charge in [0, 0.05) is 11.6 Å². The molecule has 1 N–H and O–H groups in total. The summed E-state index contributed by atoms with van der Waals surface area (Å²) >= 11 is 11.7. The van der Waals surface area contributed by atoms with E-state index >= 15 is 0 Å². The molecule has 0 saturated heterocycles. The van der Waals surface area contributed by atoms with Crippen LogP contribution in [-0.2, 0) is 4.79 Å². The molecule has 1 aliphatic carbocycles. The van der Waals surface area contributed by atoms with E-state index in [0.29, 0.717) is 21.7 Å². The Kier molecular flexibility index (Phi) is 4.13. The lowest BCUT2D eigenvalue weighted by Crippen LogP contribution is -2.30. The number of ether oxygens (including phenoxy) is 1. The first-order chi connectivity index (χ1) is 8.15. The summed E-state index contributed by atoms with van der Waals surface area (Å²) < 4.78 is 5.30. The van der Waals surface area contributed by atoms with Gasteiger partial charge in [-0.25, -0.2) is 0 Å². The Morgan fingerprint density at radius 3 is 2.82 bits per heavy atom. The summed E-state index contributed by atoms with van der Waals surface area (Å²) in [6, 6.07) is 4.91. The summed E-state index contributed by atoms with van der Waals surface area (Å²) in [6.07, 6.45) is 2.42. The molecule has 1 aromatic carbocycles. The van der Waals surface area contributed by atoms with Crippen LogP contribution in [0.1, 0.15) is 12.8 Å². The zero-order chi connectivity index (χ0) is 12.3. The minimum atomic E-state index is -0.122. The second kappa shape index (κ2) is 5.61. The predicted octanol–water partition coefficient (Wildman–Crippen LogP) is 2.90. The van der Waals surface area contributed by atoms with Crippen molar-refractivity contribution < 1.29 is 9.53 Å². The molecular weight excluding hydrogens is 261 g/mol. The Hall–Kier alpha value is -0.930. The number of benzene rings is 1. The lowest BCUT2D eigenvalue weighted by molar-refractivity contribution is -0.123. The minimum absolute atomic E-state index is 0.0198. The van der Waals surface area contributed by atoms with Crippen LogP contribution in [0, 0.1) is 5.92 Å². The Morgan fingerprint density at radius 1 is 1.41 bits per heavy atom. The number of amides is 1. The second-order valence-electron chi connectivity index (χ2n) is 4.11. The van der Waals surface area contributed by atoms with Crippen LogP contribution < -0.4 is 10.1 Å². The van der Waals surface area contributed by atoms with Gasteiger partial charge in [-0.1, -0.05) is 23.2 Å². The number of carbonyl (C=O) groups excluding carboxylic acids is 1. The molecule has 1 fully saturated rings. The molecule has 0 aromatic heterocycles. The summed E-state index contributed by atoms with van der Waals surface area (Å²) in [4.78, 5) is 11.4. The van der Waals surface area contributed by atoms with Gasteiger partial charge in [-0.15, -0.1) is 0 Å². The summed E-state index contributed by atoms with van der Waals surface area (Å²) in [5.74, 6) is 1.01. The van der Waals surface area contributed by atoms with Crippen LogP contribution in [0.15, 0.2) is 18.2 Å². The molecule has 92 valence electrons. The Labute approximate surface area is 110 Å². The number of nitrogens with one attached hydrogen (secondary N) is 1. The zero-order valence-electron chi connectivity index (χ0n) is 9.21. The summed E-state index contributed by atoms with van der Waals surface area (Å²) in [5.41, 5.74) is 0. The fraction of sp³-hybridized carbons (Fsp3) is 0.417. The SMILES string of the molecule is O=C(COc1ccc(Cl)cc1Cl)NCC1CC1. The third-order valence-electron chi connectivity index (χ3n) is 2.54. The summed E-state index contributed by atoms with van der Waals surface area (Å²) in [7, 11) is 0. The third kappa shape index (κ3) is 4.10. The average Bonchev–Trinajstić information content (AvgIpc) is 3.09. The van der Waals surface area contributed by atoms with E-state index in [1.54, 1.807) is 18.2 Å². The molecule has 0 bridgehead atoms. The molecule has 1 aliphatic rings. The molecule has 0 radical (unpaired) electrons. The smallest absolute Gasteiger partial charge is 0.257 e. The third-order valence-corrected chi connectivity index (χ3v) is 3.07. The maximum atomic E-state index is 11.4. The largest absolute Gasteiger partial charge is 0.482 e. The molecule has 17 heavy (non-hydrogen) atoms. The number of halogens is 2. The minimum Gasteiger partial charge on any atom is -0.482 e. The van der Waals surface area contributed by atoms with E-state index in [1.807, 2.05) is 0 Å². The monoisotopic (exact) mass is 273 g/mol. The second-order valence-corrected chi connectivity index (χ2v) is 4.95. The van der Waals surface area contributed by atoms with Gasteiger partial charge in [-0.2, -0.15) is 0 Å². The zero-order valence-corrected chi connectivity index (χ0v) is 10.7. The number of carbonyl (C=O) groups is 1. The number of rotatable bonds is 5. The van der Waals surface area contributed by atoms with E-state index < -0.39 is 0 Å². The molecule has 3 nitrogen and oxygen atoms in total. The molecule has 1 aromatic rings. The van der Waals surface area contributed by atoms with Gasteiger partial charge in [0.2, 0.25) is 0 Å². The van der Waals surface area contributed by atoms with Crippen LogP contribution in [0.3, 0.4) is 0 Å². The van der Waals surface area contributed by atoms with Crippen LogP contribution in [0.25, 0.3) is 0 Å². The van der Waals surface area contributed by atoms with Crippen molar-refractivity contribution >= 4 is 29.1 Å². The highest BCUT2D eigenvalue weighted by atomic mass is 35.5. The van der Waals surface area contributed by atoms with Crippen molar-refractivity contribution in [2.45, 2.75) is 12.8 Å². The van der Waals surface area contributed by atoms with Crippen LogP contribution in [0.4, 0.5) is 0 Å². The highest BCUT2D eigenvalue weighted by molar-refractivity contribution is 6.35. The van der Waals surface area contributed by atoms with Crippen molar-refractivity contribution in [1.82, 2.24) is 5.32 Å². The van der Waals surface area contributed by atoms with Crippen molar-refractivity contribution in [3.8, 4) is 5.75 Å². The Bertz CT molecular complexity index is 419. The normalized spacial score (nSPS) is 14.5. The number of hydrogen-bond donors (Lipinski definition) is 1. The Balaban J connectivity index is 1.77. The van der Waals surface area contributed by atoms with E-state index in [-0.39, 0.29) is 12.5 Å². The van der Waals surface area contributed by atoms with Gasteiger partial charge in [0.05, 0.1) is 5.02 Å². The first-order valence-electron chi connectivity index (χ1n) is 5.49. The summed E-state index contributed by atoms with van der Waals surface area (Å²) in [5, 5.41) is 3.76. The highest BCUT2D eigenvalue weighted by Gasteiger charge is 2.21. The molecule has 0 atom stereocenters. The van der Waals surface area contributed by atoms with Crippen LogP contribution >= 0.6 is 23.2 Å². The van der Waals surface area contributed by atoms with Gasteiger partial charge in [0.15, 0.2) is 6.61 Å². The van der Waals surface area contributed by atoms with Gasteiger partial charge in [0.1, 0.15) is 5.75 Å². The standard InChI is InChI=1S/C12H13Cl2NO2/c13-9-3-4-11(10(14)5-9)17-7-12(16)15-6-8-1-2-8/h3-5,8H,1-2,6-7H2,(H,15,16). The van der Waals surface area contributed by atoms with Gasteiger partial charge in [-0.3, -0.25) is 4.79 Å². The van der Waals surface area contributed by atoms with Gasteiger partial charge in [0.25, 0.3) is 5.91 Å². The Morgan fingerprint density at radius 2 is 2.18 bits per heavy atom. The number of hydrogen-bond acceptors (Lipinski definition) is 2. The maximum Gasteiger partial charge on any atom is 0.257 e. The predicted molar refractivity (Wildman–Crippen MR) is 67.7 cm³/mol. The van der Waals surface area contributed by atoms with Crippen LogP contribution in [0.2, 0.25) is 10.0 Å². The summed E-state index contributed by atoms with van der Waals surface area (Å²) in [6.45, 7) is 0.727. The first-order valence-corrected chi connectivity index (χ1v) is 6.25. The van der Waals surface area contributed by atoms with E-state index in [9.17, 15) is 4.79 Å². The van der Waals surface area contributed by atoms with Gasteiger partial charge >= 0.3 is 0 Å². The van der Waals surface area contributed by atoms with Gasteiger partial charge in [-0.05, 0) is 37.0 Å². The first kappa shape index (κ1) is 12.5. The van der Waals surface area contributed by atoms with Crippen molar-refractivity contribution in [2.24, 2.45) is 5.92 Å². The maximum absolute atomic E-state index is 11.4. The molecule has 0 spiro atoms. The average molecular weight is 274 g/mol. The fourth-order valence-corrected chi connectivity index (χ4v) is 1.83. The quantitative estimate of drug-likeness (QED) is 0.896. The van der Waals surface area contributed by atoms with Crippen molar-refractivity contribution in [3.63, 3.8) is 0 Å². The van der Waals surface area contributed by atoms with E-state index in [2.05, 4.69) is 5.32 Å². The molecule has 0 aliphatic heterocycles. The molecule has 0 heterocycles. The van der Waals surface area contributed by atoms with Crippen molar-refractivity contribution in [2.75, 3.05) is 13.2 Å². The van der Waals surface area contributed by atoms with E-state index in [4.69, 9.17) is 27.9 Å². The van der Waals surface area contributed by atoms with Crippen molar-refractivity contribution in [3.05, 3.63) is 28.2 Å². The molecule has 1 amide bonds. The molecular formula is C12H13Cl2NO2. The van der Waals surface area contributed by atoms with Crippen LogP contribution in [0.5, 0.6) is 5.75 Å². The lowest BCUT2D eigenvalue weighted by Gasteiger charge is -2.08. The van der Waals surface area contributed by atoms with Gasteiger partial charge < -0.3 is 10.1 Å². The van der Waals surface area contributed by atoms with E-state index in [1.165, 1.54) is 12.8 Å². The molecule has 5 heteroatoms. The topological polar surface area (TPSA) is 38.3 Å². The van der Waals surface area contributed by atoms with E-state index in [0.717, 1.165) is 6.54 Å².